The second kappa shape index (κ2) is 6.48. The summed E-state index contributed by atoms with van der Waals surface area (Å²) in [5.41, 5.74) is 3.48. The van der Waals surface area contributed by atoms with Crippen molar-refractivity contribution >= 4 is 5.91 Å². The van der Waals surface area contributed by atoms with E-state index in [-0.39, 0.29) is 11.9 Å². The van der Waals surface area contributed by atoms with Crippen LogP contribution in [0.4, 0.5) is 0 Å². The van der Waals surface area contributed by atoms with Gasteiger partial charge >= 0.3 is 0 Å². The fourth-order valence-corrected chi connectivity index (χ4v) is 2.63. The number of rotatable bonds is 6. The summed E-state index contributed by atoms with van der Waals surface area (Å²) in [4.78, 5) is 14.2. The number of ether oxygens (including phenoxy) is 1. The van der Waals surface area contributed by atoms with Crippen molar-refractivity contribution in [2.75, 3.05) is 14.2 Å². The second-order valence-corrected chi connectivity index (χ2v) is 6.14. The van der Waals surface area contributed by atoms with E-state index in [0.717, 1.165) is 36.3 Å². The molecule has 21 heavy (non-hydrogen) atoms. The highest BCUT2D eigenvalue weighted by atomic mass is 16.5. The first-order valence-corrected chi connectivity index (χ1v) is 7.57. The molecule has 1 unspecified atom stereocenters. The smallest absolute Gasteiger partial charge is 0.237 e. The van der Waals surface area contributed by atoms with Crippen LogP contribution in [0.15, 0.2) is 12.1 Å². The van der Waals surface area contributed by atoms with Gasteiger partial charge in [-0.1, -0.05) is 12.1 Å². The summed E-state index contributed by atoms with van der Waals surface area (Å²) in [5.74, 6) is 1.07. The number of hydrogen-bond donors (Lipinski definition) is 1. The number of nitrogens with zero attached hydrogens (tertiary/aromatic N) is 1. The Balaban J connectivity index is 2.01. The summed E-state index contributed by atoms with van der Waals surface area (Å²) in [6.07, 6.45) is 2.25. The summed E-state index contributed by atoms with van der Waals surface area (Å²) in [6.45, 7) is 6.82. The molecule has 0 aliphatic heterocycles. The molecule has 1 N–H and O–H groups in total. The van der Waals surface area contributed by atoms with Gasteiger partial charge in [0.05, 0.1) is 13.2 Å². The van der Waals surface area contributed by atoms with E-state index in [0.29, 0.717) is 6.04 Å². The molecular formula is C17H26N2O2. The van der Waals surface area contributed by atoms with Crippen LogP contribution in [0.3, 0.4) is 0 Å². The van der Waals surface area contributed by atoms with Crippen molar-refractivity contribution in [1.82, 2.24) is 10.2 Å². The van der Waals surface area contributed by atoms with E-state index in [1.54, 1.807) is 7.11 Å². The Hall–Kier alpha value is -1.55. The third kappa shape index (κ3) is 3.97. The van der Waals surface area contributed by atoms with Crippen LogP contribution in [0.2, 0.25) is 0 Å². The van der Waals surface area contributed by atoms with E-state index < -0.39 is 0 Å². The van der Waals surface area contributed by atoms with Crippen LogP contribution < -0.4 is 10.1 Å². The molecule has 0 spiro atoms. The van der Waals surface area contributed by atoms with E-state index in [9.17, 15) is 4.79 Å². The van der Waals surface area contributed by atoms with Gasteiger partial charge in [0.15, 0.2) is 0 Å². The largest absolute Gasteiger partial charge is 0.496 e. The highest BCUT2D eigenvalue weighted by Gasteiger charge is 2.27. The van der Waals surface area contributed by atoms with Gasteiger partial charge in [-0.3, -0.25) is 9.69 Å². The van der Waals surface area contributed by atoms with Gasteiger partial charge in [-0.05, 0) is 57.4 Å². The van der Waals surface area contributed by atoms with E-state index in [4.69, 9.17) is 4.74 Å². The van der Waals surface area contributed by atoms with Crippen LogP contribution in [0.1, 0.15) is 36.5 Å². The van der Waals surface area contributed by atoms with E-state index in [2.05, 4.69) is 36.2 Å². The number of carbonyl (C=O) groups is 1. The summed E-state index contributed by atoms with van der Waals surface area (Å²) >= 11 is 0. The Kier molecular flexibility index (Phi) is 4.88. The number of hydrogen-bond acceptors (Lipinski definition) is 3. The molecule has 4 heteroatoms. The predicted octanol–water partition coefficient (Wildman–Crippen LogP) is 2.41. The molecule has 0 heterocycles. The number of carbonyl (C=O) groups excluding carboxylic acids is 1. The normalized spacial score (nSPS) is 15.9. The van der Waals surface area contributed by atoms with E-state index in [1.165, 1.54) is 5.56 Å². The third-order valence-electron chi connectivity index (χ3n) is 4.12. The Morgan fingerprint density at radius 3 is 2.43 bits per heavy atom. The maximum Gasteiger partial charge on any atom is 0.237 e. The van der Waals surface area contributed by atoms with Crippen molar-refractivity contribution < 1.29 is 9.53 Å². The Labute approximate surface area is 127 Å². The first-order valence-electron chi connectivity index (χ1n) is 7.57. The monoisotopic (exact) mass is 290 g/mol. The van der Waals surface area contributed by atoms with Crippen LogP contribution in [0.25, 0.3) is 0 Å². The van der Waals surface area contributed by atoms with Crippen LogP contribution in [-0.4, -0.2) is 37.0 Å². The lowest BCUT2D eigenvalue weighted by Gasteiger charge is -2.24. The summed E-state index contributed by atoms with van der Waals surface area (Å²) < 4.78 is 5.39. The number of methoxy groups -OCH3 is 1. The van der Waals surface area contributed by atoms with Gasteiger partial charge in [-0.25, -0.2) is 0 Å². The first-order chi connectivity index (χ1) is 9.92. The van der Waals surface area contributed by atoms with E-state index in [1.807, 2.05) is 14.0 Å². The molecule has 1 saturated carbocycles. The molecule has 1 atom stereocenters. The fourth-order valence-electron chi connectivity index (χ4n) is 2.63. The molecule has 1 aromatic carbocycles. The van der Waals surface area contributed by atoms with Gasteiger partial charge in [0, 0.05) is 12.6 Å². The Bertz CT molecular complexity index is 501. The number of aryl methyl sites for hydroxylation is 2. The average Bonchev–Trinajstić information content (AvgIpc) is 3.21. The number of likely N-dealkylation sites (N-methyl/N-ethyl adjacent to an activating group) is 1. The third-order valence-corrected chi connectivity index (χ3v) is 4.12. The molecular weight excluding hydrogens is 264 g/mol. The first kappa shape index (κ1) is 15.8. The van der Waals surface area contributed by atoms with Gasteiger partial charge in [0.2, 0.25) is 5.91 Å². The maximum atomic E-state index is 12.1. The highest BCUT2D eigenvalue weighted by Crippen LogP contribution is 2.25. The fraction of sp³-hybridized carbons (Fsp3) is 0.588. The van der Waals surface area contributed by atoms with Gasteiger partial charge in [-0.15, -0.1) is 0 Å². The van der Waals surface area contributed by atoms with Crippen LogP contribution in [0.5, 0.6) is 5.75 Å². The standard InChI is InChI=1S/C17H26N2O2/c1-11-8-14(9-12(2)16(11)21-5)10-19(4)13(3)17(20)18-15-6-7-15/h8-9,13,15H,6-7,10H2,1-5H3,(H,18,20). The molecule has 4 nitrogen and oxygen atoms in total. The number of nitrogens with one attached hydrogen (secondary N) is 1. The molecule has 1 aliphatic rings. The van der Waals surface area contributed by atoms with Crippen molar-refractivity contribution in [1.29, 1.82) is 0 Å². The minimum atomic E-state index is -0.117. The van der Waals surface area contributed by atoms with Crippen LogP contribution in [0, 0.1) is 13.8 Å². The van der Waals surface area contributed by atoms with Crippen molar-refractivity contribution in [3.8, 4) is 5.75 Å². The number of amides is 1. The van der Waals surface area contributed by atoms with Crippen molar-refractivity contribution in [3.05, 3.63) is 28.8 Å². The second-order valence-electron chi connectivity index (χ2n) is 6.14. The van der Waals surface area contributed by atoms with Crippen molar-refractivity contribution in [3.63, 3.8) is 0 Å². The average molecular weight is 290 g/mol. The summed E-state index contributed by atoms with van der Waals surface area (Å²) in [5, 5.41) is 3.06. The molecule has 1 fully saturated rings. The zero-order valence-corrected chi connectivity index (χ0v) is 13.7. The lowest BCUT2D eigenvalue weighted by molar-refractivity contribution is -0.125. The molecule has 0 radical (unpaired) electrons. The quantitative estimate of drug-likeness (QED) is 0.875. The van der Waals surface area contributed by atoms with Crippen LogP contribution in [-0.2, 0) is 11.3 Å². The summed E-state index contributed by atoms with van der Waals surface area (Å²) in [7, 11) is 3.69. The highest BCUT2D eigenvalue weighted by molar-refractivity contribution is 5.81. The minimum Gasteiger partial charge on any atom is -0.496 e. The minimum absolute atomic E-state index is 0.117. The molecule has 0 bridgehead atoms. The lowest BCUT2D eigenvalue weighted by Crippen LogP contribution is -2.43. The number of benzene rings is 1. The molecule has 2 rings (SSSR count). The van der Waals surface area contributed by atoms with Gasteiger partial charge in [0.1, 0.15) is 5.75 Å². The van der Waals surface area contributed by atoms with Crippen LogP contribution >= 0.6 is 0 Å². The molecule has 1 aliphatic carbocycles. The van der Waals surface area contributed by atoms with Gasteiger partial charge in [-0.2, -0.15) is 0 Å². The van der Waals surface area contributed by atoms with Gasteiger partial charge in [0.25, 0.3) is 0 Å². The Morgan fingerprint density at radius 2 is 1.95 bits per heavy atom. The SMILES string of the molecule is COc1c(C)cc(CN(C)C(C)C(=O)NC2CC2)cc1C. The summed E-state index contributed by atoms with van der Waals surface area (Å²) in [6, 6.07) is 4.56. The molecule has 1 aromatic rings. The van der Waals surface area contributed by atoms with Crippen molar-refractivity contribution in [2.24, 2.45) is 0 Å². The lowest BCUT2D eigenvalue weighted by atomic mass is 10.0. The predicted molar refractivity (Wildman–Crippen MR) is 84.6 cm³/mol. The molecule has 0 saturated heterocycles. The topological polar surface area (TPSA) is 41.6 Å². The van der Waals surface area contributed by atoms with Gasteiger partial charge < -0.3 is 10.1 Å². The molecule has 0 aromatic heterocycles. The van der Waals surface area contributed by atoms with E-state index >= 15 is 0 Å². The zero-order chi connectivity index (χ0) is 15.6. The van der Waals surface area contributed by atoms with Crippen molar-refractivity contribution in [2.45, 2.75) is 52.2 Å². The molecule has 116 valence electrons. The Morgan fingerprint density at radius 1 is 1.38 bits per heavy atom. The molecule has 1 amide bonds. The zero-order valence-electron chi connectivity index (χ0n) is 13.7. The maximum absolute atomic E-state index is 12.1.